The summed E-state index contributed by atoms with van der Waals surface area (Å²) in [5.41, 5.74) is -4.72. The molecule has 3 aliphatic heterocycles. The van der Waals surface area contributed by atoms with E-state index in [1.54, 1.807) is 65.2 Å². The summed E-state index contributed by atoms with van der Waals surface area (Å²) in [6, 6.07) is 3.82. The second-order valence-corrected chi connectivity index (χ2v) is 24.5. The number of ether oxygens (including phenoxy) is 6. The molecule has 3 aliphatic rings. The maximum atomic E-state index is 14.5. The summed E-state index contributed by atoms with van der Waals surface area (Å²) in [7, 11) is 0.820. The van der Waals surface area contributed by atoms with Crippen molar-refractivity contribution in [1.29, 1.82) is 0 Å². The molecule has 2 aromatic rings. The average molecular weight is 1110 g/mol. The number of carboxylic acid groups (broad SMARTS) is 1. The fourth-order valence-corrected chi connectivity index (χ4v) is 13.1. The van der Waals surface area contributed by atoms with Gasteiger partial charge in [0.15, 0.2) is 12.6 Å². The van der Waals surface area contributed by atoms with Crippen LogP contribution in [0.4, 0.5) is 0 Å². The van der Waals surface area contributed by atoms with E-state index in [-0.39, 0.29) is 37.5 Å². The van der Waals surface area contributed by atoms with Crippen LogP contribution in [0.1, 0.15) is 124 Å². The largest absolute Gasteiger partial charge is 0.477 e. The number of aliphatic hydroxyl groups excluding tert-OH is 2. The Morgan fingerprint density at radius 2 is 1.64 bits per heavy atom. The van der Waals surface area contributed by atoms with Gasteiger partial charge in [0.25, 0.3) is 10.1 Å². The second kappa shape index (κ2) is 26.4. The van der Waals surface area contributed by atoms with Gasteiger partial charge in [0, 0.05) is 56.1 Å². The number of pyridine rings is 1. The number of esters is 1. The molecule has 0 amide bonds. The fraction of sp³-hybridized carbons (Fsp3) is 0.796. The van der Waals surface area contributed by atoms with Crippen LogP contribution in [-0.4, -0.2) is 186 Å². The molecular formula is C54H88N4O18S. The fourth-order valence-electron chi connectivity index (χ4n) is 11.9. The molecule has 1 aromatic carbocycles. The number of aryl methyl sites for hydroxylation is 2. The van der Waals surface area contributed by atoms with Gasteiger partial charge in [-0.3, -0.25) is 13.8 Å². The third-order valence-electron chi connectivity index (χ3n) is 16.4. The number of aromatic nitrogens is 1. The molecule has 22 nitrogen and oxygen atoms in total. The predicted molar refractivity (Wildman–Crippen MR) is 286 cm³/mol. The van der Waals surface area contributed by atoms with E-state index in [2.05, 4.69) is 10.5 Å². The molecule has 0 spiro atoms. The number of nitrogens with zero attached hydrogens (tertiary/aromatic N) is 3. The molecule has 19 atom stereocenters. The first kappa shape index (κ1) is 64.3. The zero-order chi connectivity index (χ0) is 57.7. The minimum atomic E-state index is -4.22. The van der Waals surface area contributed by atoms with Gasteiger partial charge in [0.05, 0.1) is 65.0 Å². The molecular weight excluding hydrogens is 1020 g/mol. The molecule has 6 N–H and O–H groups in total. The van der Waals surface area contributed by atoms with E-state index in [1.807, 2.05) is 38.9 Å². The maximum absolute atomic E-state index is 14.5. The number of benzene rings is 1. The van der Waals surface area contributed by atoms with Crippen molar-refractivity contribution >= 4 is 33.0 Å². The molecule has 77 heavy (non-hydrogen) atoms. The van der Waals surface area contributed by atoms with Crippen molar-refractivity contribution in [1.82, 2.24) is 14.8 Å². The molecule has 0 saturated carbocycles. The number of cyclic esters (lactones) is 1. The second-order valence-electron chi connectivity index (χ2n) is 22.8. The van der Waals surface area contributed by atoms with Crippen molar-refractivity contribution in [3.8, 4) is 0 Å². The average Bonchev–Trinajstić information content (AvgIpc) is 3.36. The Bertz CT molecular complexity index is 2490. The predicted octanol–water partition coefficient (Wildman–Crippen LogP) is 3.96. The Balaban J connectivity index is 1.37. The summed E-state index contributed by atoms with van der Waals surface area (Å²) in [5.74, 6) is -6.42. The van der Waals surface area contributed by atoms with Crippen molar-refractivity contribution in [3.05, 3.63) is 50.7 Å². The summed E-state index contributed by atoms with van der Waals surface area (Å²) in [4.78, 5) is 53.7. The van der Waals surface area contributed by atoms with E-state index in [4.69, 9.17) is 32.6 Å². The van der Waals surface area contributed by atoms with Crippen LogP contribution in [0, 0.1) is 28.6 Å². The lowest BCUT2D eigenvalue weighted by Crippen LogP contribution is -2.61. The number of methoxy groups -OCH3 is 1. The van der Waals surface area contributed by atoms with Gasteiger partial charge in [-0.25, -0.2) is 4.79 Å². The number of fused-ring (bicyclic) bond motifs is 1. The number of aliphatic hydroxyl groups is 4. The van der Waals surface area contributed by atoms with E-state index < -0.39 is 141 Å². The van der Waals surface area contributed by atoms with Gasteiger partial charge in [-0.15, -0.1) is 0 Å². The lowest BCUT2D eigenvalue weighted by molar-refractivity contribution is -0.316. The van der Waals surface area contributed by atoms with Crippen LogP contribution >= 0.6 is 0 Å². The van der Waals surface area contributed by atoms with Crippen LogP contribution < -0.4 is 10.7 Å². The number of nitroso groups, excluding NO2 is 1. The summed E-state index contributed by atoms with van der Waals surface area (Å²) >= 11 is 0. The normalized spacial score (nSPS) is 38.0. The van der Waals surface area contributed by atoms with Crippen LogP contribution in [0.5, 0.6) is 0 Å². The molecule has 0 radical (unpaired) electrons. The molecule has 0 bridgehead atoms. The van der Waals surface area contributed by atoms with E-state index >= 15 is 0 Å². The molecule has 438 valence electrons. The number of rotatable bonds is 19. The number of hydrogen-bond acceptors (Lipinski definition) is 20. The van der Waals surface area contributed by atoms with E-state index in [9.17, 15) is 53.2 Å². The highest BCUT2D eigenvalue weighted by Gasteiger charge is 2.55. The van der Waals surface area contributed by atoms with Crippen LogP contribution in [0.25, 0.3) is 10.9 Å². The van der Waals surface area contributed by atoms with E-state index in [0.717, 1.165) is 5.56 Å². The van der Waals surface area contributed by atoms with Crippen molar-refractivity contribution in [3.63, 3.8) is 0 Å². The smallest absolute Gasteiger partial charge is 0.341 e. The first-order valence-corrected chi connectivity index (χ1v) is 28.6. The highest BCUT2D eigenvalue weighted by Crippen LogP contribution is 2.42. The zero-order valence-electron chi connectivity index (χ0n) is 47.4. The Labute approximate surface area is 453 Å². The quantitative estimate of drug-likeness (QED) is 0.0502. The summed E-state index contributed by atoms with van der Waals surface area (Å²) in [6.45, 7) is 18.9. The number of hydrogen-bond donors (Lipinski definition) is 6. The van der Waals surface area contributed by atoms with E-state index in [1.165, 1.54) is 27.2 Å². The molecule has 23 heteroatoms. The van der Waals surface area contributed by atoms with Crippen molar-refractivity contribution in [2.45, 2.75) is 212 Å². The van der Waals surface area contributed by atoms with E-state index in [0.29, 0.717) is 43.3 Å². The van der Waals surface area contributed by atoms with Gasteiger partial charge in [-0.2, -0.15) is 13.3 Å². The number of nitrogens with one attached hydrogen (secondary N) is 1. The van der Waals surface area contributed by atoms with Gasteiger partial charge in [0.2, 0.25) is 5.43 Å². The molecule has 0 aliphatic carbocycles. The lowest BCUT2D eigenvalue weighted by Gasteiger charge is -2.49. The highest BCUT2D eigenvalue weighted by atomic mass is 32.2. The van der Waals surface area contributed by atoms with Crippen molar-refractivity contribution in [2.24, 2.45) is 28.8 Å². The number of carboxylic acids is 1. The molecule has 5 rings (SSSR count). The minimum Gasteiger partial charge on any atom is -0.477 e. The number of likely N-dealkylation sites (N-methyl/N-ethyl adjacent to an activating group) is 1. The summed E-state index contributed by atoms with van der Waals surface area (Å²) < 4.78 is 73.1. The topological polar surface area (TPSA) is 301 Å². The maximum Gasteiger partial charge on any atom is 0.341 e. The van der Waals surface area contributed by atoms with Crippen LogP contribution in [-0.2, 0) is 60.5 Å². The molecule has 3 saturated heterocycles. The van der Waals surface area contributed by atoms with Crippen LogP contribution in [0.2, 0.25) is 0 Å². The summed E-state index contributed by atoms with van der Waals surface area (Å²) in [6.07, 6.45) is -8.93. The number of carbonyl (C=O) groups excluding carboxylic acids is 1. The molecule has 1 aromatic heterocycles. The van der Waals surface area contributed by atoms with Gasteiger partial charge in [-0.1, -0.05) is 38.9 Å². The Hall–Kier alpha value is -3.56. The SMILES string of the molecule is CC[C@H]1OC(=O)[C@H](C)[C@@H](O[C@H]2C[C@@](C)(OC)[C@@H](OS(=O)(=O)CCNCCCc3ccc4c(c3)c(=O)c(C(=O)O)cn4CC)[C@H](C)O2)[C@H](C)[C@@H](O[C@@H]2O[C@H](C)C[C@H](N(C)C)[C@H]2O)[C@](C)(O)C[C@@H](C)C(N=O)[C@@H](C)[C@@H](O)[C@]1(C)O. The van der Waals surface area contributed by atoms with Gasteiger partial charge >= 0.3 is 11.9 Å². The molecule has 3 fully saturated rings. The highest BCUT2D eigenvalue weighted by molar-refractivity contribution is 7.86. The van der Waals surface area contributed by atoms with Gasteiger partial charge in [-0.05, 0) is 125 Å². The Morgan fingerprint density at radius 3 is 2.23 bits per heavy atom. The van der Waals surface area contributed by atoms with Crippen molar-refractivity contribution in [2.75, 3.05) is 40.0 Å². The minimum absolute atomic E-state index is 0.0379. The molecule has 1 unspecified atom stereocenters. The van der Waals surface area contributed by atoms with Crippen LogP contribution in [0.3, 0.4) is 0 Å². The molecule has 4 heterocycles. The van der Waals surface area contributed by atoms with Crippen LogP contribution in [0.15, 0.2) is 34.4 Å². The summed E-state index contributed by atoms with van der Waals surface area (Å²) in [5, 5.41) is 64.4. The Morgan fingerprint density at radius 1 is 0.961 bits per heavy atom. The standard InChI is InChI=1S/C54H88N4O18S/c1-15-40-54(11,66)46(61)31(5)42(56-67)29(3)26-52(9,65)47(75-51-44(60)39(57(12)13)24-30(4)71-51)32(6)45(33(7)50(64)73-40)74-41-27-53(10,70-14)48(34(8)72-41)76-77(68,69)23-22-55-21-17-18-35-19-20-38-36(25-35)43(59)37(49(62)63)28-58(38)16-2/h19-20,25,28-34,39-42,44-48,51,55,60-61,65-66H,15-18,21-24,26-27H2,1-14H3,(H,62,63)/t29-,30-,31-,32+,33-,34+,39+,40-,41+,42?,44-,45+,46-,47-,48+,51+,52-,53-,54-/m1/s1. The lowest BCUT2D eigenvalue weighted by atomic mass is 9.72. The Kier molecular flexibility index (Phi) is 22.0. The van der Waals surface area contributed by atoms with Gasteiger partial charge < -0.3 is 68.7 Å². The first-order valence-electron chi connectivity index (χ1n) is 27.1. The number of carbonyl (C=O) groups is 2. The third-order valence-corrected chi connectivity index (χ3v) is 17.6. The van der Waals surface area contributed by atoms with Crippen molar-refractivity contribution < 1.29 is 76.1 Å². The third kappa shape index (κ3) is 14.9. The monoisotopic (exact) mass is 1110 g/mol. The number of aromatic carboxylic acids is 1. The zero-order valence-corrected chi connectivity index (χ0v) is 48.2. The first-order chi connectivity index (χ1) is 35.9. The van der Waals surface area contributed by atoms with Gasteiger partial charge in [0.1, 0.15) is 29.5 Å².